The number of amides is 3. The quantitative estimate of drug-likeness (QED) is 0.378. The van der Waals surface area contributed by atoms with Gasteiger partial charge in [0.15, 0.2) is 0 Å². The van der Waals surface area contributed by atoms with Crippen LogP contribution >= 0.6 is 0 Å². The Kier molecular flexibility index (Phi) is 9.88. The number of rotatable bonds is 8. The summed E-state index contributed by atoms with van der Waals surface area (Å²) in [5.41, 5.74) is 5.27. The summed E-state index contributed by atoms with van der Waals surface area (Å²) in [6, 6.07) is 10.4. The zero-order valence-electron chi connectivity index (χ0n) is 28.8. The largest absolute Gasteiger partial charge is 0.497 e. The predicted octanol–water partition coefficient (Wildman–Crippen LogP) is 4.00. The lowest BCUT2D eigenvalue weighted by Crippen LogP contribution is -2.51. The smallest absolute Gasteiger partial charge is 0.303 e. The molecule has 262 valence electrons. The van der Waals surface area contributed by atoms with E-state index in [1.165, 1.54) is 31.0 Å². The molecule has 12 nitrogen and oxygen atoms in total. The van der Waals surface area contributed by atoms with Gasteiger partial charge in [-0.1, -0.05) is 25.3 Å². The van der Waals surface area contributed by atoms with E-state index in [0.717, 1.165) is 57.7 Å². The zero-order chi connectivity index (χ0) is 35.0. The van der Waals surface area contributed by atoms with E-state index < -0.39 is 22.2 Å². The third-order valence-corrected chi connectivity index (χ3v) is 11.5. The van der Waals surface area contributed by atoms with Gasteiger partial charge in [-0.15, -0.1) is 0 Å². The van der Waals surface area contributed by atoms with Gasteiger partial charge in [0.2, 0.25) is 5.91 Å². The Labute approximate surface area is 287 Å². The normalized spacial score (nSPS) is 17.5. The molecule has 49 heavy (non-hydrogen) atoms. The second-order valence-corrected chi connectivity index (χ2v) is 15.2. The van der Waals surface area contributed by atoms with Gasteiger partial charge in [-0.2, -0.15) is 12.7 Å². The maximum atomic E-state index is 14.4. The van der Waals surface area contributed by atoms with E-state index in [4.69, 9.17) is 9.47 Å². The topological polar surface area (TPSA) is 130 Å². The van der Waals surface area contributed by atoms with Crippen molar-refractivity contribution in [3.05, 3.63) is 58.7 Å². The molecule has 3 heterocycles. The number of likely N-dealkylation sites (N-methyl/N-ethyl adjacent to an activating group) is 1. The Balaban J connectivity index is 1.49. The fraction of sp³-hybridized carbons (Fsp3) is 0.472. The van der Waals surface area contributed by atoms with Crippen LogP contribution < -0.4 is 9.46 Å². The van der Waals surface area contributed by atoms with E-state index in [0.29, 0.717) is 37.6 Å². The number of hydrogen-bond donors (Lipinski definition) is 1. The summed E-state index contributed by atoms with van der Waals surface area (Å²) in [6.07, 6.45) is 7.31. The summed E-state index contributed by atoms with van der Waals surface area (Å²) < 4.78 is 41.3. The number of ether oxygens (including phenoxy) is 2. The minimum Gasteiger partial charge on any atom is -0.497 e. The summed E-state index contributed by atoms with van der Waals surface area (Å²) in [5.74, 6) is -0.252. The maximum Gasteiger partial charge on any atom is 0.303 e. The van der Waals surface area contributed by atoms with E-state index in [1.54, 1.807) is 38.1 Å². The standard InChI is InChI=1S/C36H45N5O7S/c1-23(35(43)40-15-17-48-18-16-40)39(4)36(44)27-19-26-20-28(47-5)12-14-29(26)33-32(24-9-7-6-8-10-24)30-13-11-25(21-31(30)41(33)22-27)34(42)37-49(45,46)38(2)3/h11-14,19-21,23-24H,6-10,15-18,22H2,1-5H3,(H,37,42)/t23-/m1/s1. The molecule has 3 aromatic rings. The SMILES string of the molecule is COc1ccc2c(c1)C=C(C(=O)N(C)[C@H](C)C(=O)N1CCOCC1)Cn1c-2c(C2CCCCC2)c2ccc(C(=O)NS(=O)(=O)N(C)C)cc21. The van der Waals surface area contributed by atoms with Crippen molar-refractivity contribution in [2.24, 2.45) is 0 Å². The molecule has 0 bridgehead atoms. The molecule has 2 aliphatic heterocycles. The molecule has 3 amide bonds. The van der Waals surface area contributed by atoms with E-state index >= 15 is 0 Å². The number of hydrogen-bond acceptors (Lipinski definition) is 7. The van der Waals surface area contributed by atoms with Crippen LogP contribution in [0.15, 0.2) is 42.0 Å². The molecule has 0 unspecified atom stereocenters. The van der Waals surface area contributed by atoms with Crippen molar-refractivity contribution in [2.75, 3.05) is 54.6 Å². The third-order valence-electron chi connectivity index (χ3n) is 10.1. The molecule has 1 saturated heterocycles. The molecule has 0 radical (unpaired) electrons. The second kappa shape index (κ2) is 14.0. The van der Waals surface area contributed by atoms with Crippen molar-refractivity contribution in [3.8, 4) is 17.0 Å². The van der Waals surface area contributed by atoms with Gasteiger partial charge in [-0.3, -0.25) is 14.4 Å². The van der Waals surface area contributed by atoms with Gasteiger partial charge in [0.1, 0.15) is 11.8 Å². The monoisotopic (exact) mass is 691 g/mol. The molecule has 2 aromatic carbocycles. The van der Waals surface area contributed by atoms with Crippen molar-refractivity contribution in [1.29, 1.82) is 0 Å². The Morgan fingerprint density at radius 1 is 1.00 bits per heavy atom. The van der Waals surface area contributed by atoms with Gasteiger partial charge < -0.3 is 23.8 Å². The molecular formula is C36H45N5O7S. The van der Waals surface area contributed by atoms with E-state index in [9.17, 15) is 22.8 Å². The fourth-order valence-corrected chi connectivity index (χ4v) is 7.73. The van der Waals surface area contributed by atoms with Gasteiger partial charge in [0.25, 0.3) is 11.8 Å². The number of nitrogens with one attached hydrogen (secondary N) is 1. The molecule has 1 aromatic heterocycles. The second-order valence-electron chi connectivity index (χ2n) is 13.3. The van der Waals surface area contributed by atoms with Crippen molar-refractivity contribution in [2.45, 2.75) is 57.5 Å². The first-order chi connectivity index (χ1) is 23.4. The van der Waals surface area contributed by atoms with Crippen LogP contribution in [0.5, 0.6) is 5.75 Å². The molecule has 3 aliphatic rings. The lowest BCUT2D eigenvalue weighted by molar-refractivity contribution is -0.145. The summed E-state index contributed by atoms with van der Waals surface area (Å²) in [4.78, 5) is 44.3. The van der Waals surface area contributed by atoms with Gasteiger partial charge in [0.05, 0.1) is 32.6 Å². The van der Waals surface area contributed by atoms with Crippen LogP contribution in [0.1, 0.15) is 66.4 Å². The highest BCUT2D eigenvalue weighted by Crippen LogP contribution is 2.47. The molecule has 0 spiro atoms. The van der Waals surface area contributed by atoms with Crippen molar-refractivity contribution in [1.82, 2.24) is 23.4 Å². The first-order valence-electron chi connectivity index (χ1n) is 16.8. The number of carbonyl (C=O) groups is 3. The highest BCUT2D eigenvalue weighted by atomic mass is 32.2. The average molecular weight is 692 g/mol. The Hall–Kier alpha value is -4.20. The Bertz CT molecular complexity index is 1920. The van der Waals surface area contributed by atoms with Gasteiger partial charge >= 0.3 is 10.2 Å². The Morgan fingerprint density at radius 3 is 2.39 bits per heavy atom. The predicted molar refractivity (Wildman–Crippen MR) is 187 cm³/mol. The van der Waals surface area contributed by atoms with E-state index in [2.05, 4.69) is 9.29 Å². The third kappa shape index (κ3) is 6.71. The zero-order valence-corrected chi connectivity index (χ0v) is 29.6. The van der Waals surface area contributed by atoms with Gasteiger partial charge in [0, 0.05) is 61.8 Å². The summed E-state index contributed by atoms with van der Waals surface area (Å²) in [7, 11) is 1.95. The lowest BCUT2D eigenvalue weighted by atomic mass is 9.81. The highest BCUT2D eigenvalue weighted by molar-refractivity contribution is 7.87. The number of carbonyl (C=O) groups excluding carboxylic acids is 3. The minimum absolute atomic E-state index is 0.134. The Morgan fingerprint density at radius 2 is 1.71 bits per heavy atom. The summed E-state index contributed by atoms with van der Waals surface area (Å²) in [6.45, 7) is 3.82. The van der Waals surface area contributed by atoms with Crippen LogP contribution in [0.4, 0.5) is 0 Å². The van der Waals surface area contributed by atoms with Crippen LogP contribution in [0.25, 0.3) is 28.2 Å². The lowest BCUT2D eigenvalue weighted by Gasteiger charge is -2.33. The minimum atomic E-state index is -4.02. The van der Waals surface area contributed by atoms with Crippen LogP contribution in [-0.2, 0) is 31.1 Å². The number of aromatic nitrogens is 1. The molecule has 2 fully saturated rings. The van der Waals surface area contributed by atoms with Crippen LogP contribution in [-0.4, -0.2) is 105 Å². The number of methoxy groups -OCH3 is 1. The van der Waals surface area contributed by atoms with Crippen molar-refractivity contribution < 1.29 is 32.3 Å². The van der Waals surface area contributed by atoms with Crippen LogP contribution in [0.2, 0.25) is 0 Å². The summed E-state index contributed by atoms with van der Waals surface area (Å²) in [5, 5.41) is 0.966. The average Bonchev–Trinajstić information content (AvgIpc) is 3.32. The van der Waals surface area contributed by atoms with E-state index in [1.807, 2.05) is 30.3 Å². The van der Waals surface area contributed by atoms with Crippen molar-refractivity contribution >= 4 is 44.9 Å². The fourth-order valence-electron chi connectivity index (χ4n) is 7.20. The molecule has 1 saturated carbocycles. The number of nitrogens with zero attached hydrogens (tertiary/aromatic N) is 4. The molecule has 6 rings (SSSR count). The number of morpholine rings is 1. The number of fused-ring (bicyclic) bond motifs is 5. The molecule has 1 aliphatic carbocycles. The molecule has 1 atom stereocenters. The summed E-state index contributed by atoms with van der Waals surface area (Å²) >= 11 is 0. The van der Waals surface area contributed by atoms with Gasteiger partial charge in [-0.05, 0) is 73.2 Å². The van der Waals surface area contributed by atoms with Gasteiger partial charge in [-0.25, -0.2) is 4.72 Å². The van der Waals surface area contributed by atoms with E-state index in [-0.39, 0.29) is 29.8 Å². The van der Waals surface area contributed by atoms with Crippen LogP contribution in [0, 0.1) is 0 Å². The molecule has 13 heteroatoms. The maximum absolute atomic E-state index is 14.4. The van der Waals surface area contributed by atoms with Crippen molar-refractivity contribution in [3.63, 3.8) is 0 Å². The first kappa shape index (κ1) is 34.7. The first-order valence-corrected chi connectivity index (χ1v) is 18.3. The number of benzene rings is 2. The molecular weight excluding hydrogens is 646 g/mol. The highest BCUT2D eigenvalue weighted by Gasteiger charge is 2.34. The molecule has 1 N–H and O–H groups in total. The van der Waals surface area contributed by atoms with Crippen LogP contribution in [0.3, 0.4) is 0 Å².